The van der Waals surface area contributed by atoms with Gasteiger partial charge >= 0.3 is 0 Å². The molecular weight excluding hydrogens is 241 g/mol. The van der Waals surface area contributed by atoms with Crippen molar-refractivity contribution in [3.8, 4) is 5.75 Å². The molecule has 0 spiro atoms. The van der Waals surface area contributed by atoms with Gasteiger partial charge in [-0.1, -0.05) is 5.16 Å². The van der Waals surface area contributed by atoms with Crippen LogP contribution in [0.2, 0.25) is 0 Å². The van der Waals surface area contributed by atoms with Gasteiger partial charge in [0.15, 0.2) is 0 Å². The summed E-state index contributed by atoms with van der Waals surface area (Å²) >= 11 is 2.95. The smallest absolute Gasteiger partial charge is 0.141 e. The molecule has 1 aromatic rings. The number of halogens is 2. The van der Waals surface area contributed by atoms with E-state index >= 15 is 0 Å². The van der Waals surface area contributed by atoms with E-state index in [1.807, 2.05) is 0 Å². The maximum atomic E-state index is 12.8. The summed E-state index contributed by atoms with van der Waals surface area (Å²) in [6, 6.07) is 2.30. The number of aromatic hydroxyl groups is 1. The molecule has 0 aromatic heterocycles. The Kier molecular flexibility index (Phi) is 2.87. The third kappa shape index (κ3) is 1.98. The van der Waals surface area contributed by atoms with Gasteiger partial charge in [0.1, 0.15) is 11.6 Å². The molecule has 0 aliphatic rings. The van der Waals surface area contributed by atoms with Gasteiger partial charge in [-0.15, -0.1) is 0 Å². The van der Waals surface area contributed by atoms with E-state index in [1.54, 1.807) is 0 Å². The average molecular weight is 248 g/mol. The fourth-order valence-electron chi connectivity index (χ4n) is 0.880. The van der Waals surface area contributed by atoms with E-state index in [4.69, 9.17) is 5.21 Å². The Labute approximate surface area is 82.6 Å². The second kappa shape index (κ2) is 3.74. The quantitative estimate of drug-likeness (QED) is 0.455. The molecule has 0 unspecified atom stereocenters. The van der Waals surface area contributed by atoms with Crippen LogP contribution in [0.15, 0.2) is 21.8 Å². The van der Waals surface area contributed by atoms with Gasteiger partial charge in [0.25, 0.3) is 0 Å². The van der Waals surface area contributed by atoms with Gasteiger partial charge in [-0.05, 0) is 28.9 Å². The molecule has 70 valence electrons. The van der Waals surface area contributed by atoms with E-state index in [2.05, 4.69) is 21.1 Å². The van der Waals surface area contributed by atoms with Gasteiger partial charge in [-0.3, -0.25) is 0 Å². The van der Waals surface area contributed by atoms with Crippen molar-refractivity contribution in [2.75, 3.05) is 0 Å². The molecule has 0 atom stereocenters. The van der Waals surface area contributed by atoms with Crippen molar-refractivity contribution >= 4 is 21.6 Å². The maximum absolute atomic E-state index is 12.8. The molecule has 2 N–H and O–H groups in total. The molecule has 0 saturated carbocycles. The second-order valence-corrected chi connectivity index (χ2v) is 3.32. The molecular formula is C8H7BrFNO2. The third-order valence-corrected chi connectivity index (χ3v) is 2.19. The zero-order valence-corrected chi connectivity index (χ0v) is 8.34. The molecule has 0 saturated heterocycles. The van der Waals surface area contributed by atoms with Crippen molar-refractivity contribution in [3.05, 3.63) is 28.0 Å². The van der Waals surface area contributed by atoms with Crippen LogP contribution in [0.1, 0.15) is 12.5 Å². The van der Waals surface area contributed by atoms with Crippen molar-refractivity contribution in [1.82, 2.24) is 0 Å². The van der Waals surface area contributed by atoms with Crippen LogP contribution in [0.25, 0.3) is 0 Å². The highest BCUT2D eigenvalue weighted by Gasteiger charge is 2.09. The summed E-state index contributed by atoms with van der Waals surface area (Å²) in [5, 5.41) is 20.6. The van der Waals surface area contributed by atoms with Crippen LogP contribution < -0.4 is 0 Å². The fourth-order valence-corrected chi connectivity index (χ4v) is 1.22. The van der Waals surface area contributed by atoms with Crippen LogP contribution in [0.5, 0.6) is 5.75 Å². The molecule has 1 rings (SSSR count). The highest BCUT2D eigenvalue weighted by molar-refractivity contribution is 9.10. The molecule has 1 aromatic carbocycles. The van der Waals surface area contributed by atoms with E-state index < -0.39 is 5.82 Å². The van der Waals surface area contributed by atoms with Crippen molar-refractivity contribution in [2.24, 2.45) is 5.16 Å². The number of hydrogen-bond acceptors (Lipinski definition) is 3. The number of nitrogens with zero attached hydrogens (tertiary/aromatic N) is 1. The Hall–Kier alpha value is -1.10. The van der Waals surface area contributed by atoms with Crippen molar-refractivity contribution in [3.63, 3.8) is 0 Å². The Bertz CT molecular complexity index is 365. The summed E-state index contributed by atoms with van der Waals surface area (Å²) < 4.78 is 13.0. The van der Waals surface area contributed by atoms with E-state index in [9.17, 15) is 9.50 Å². The van der Waals surface area contributed by atoms with Crippen molar-refractivity contribution in [1.29, 1.82) is 0 Å². The highest BCUT2D eigenvalue weighted by atomic mass is 79.9. The zero-order chi connectivity index (χ0) is 10.0. The minimum atomic E-state index is -0.563. The largest absolute Gasteiger partial charge is 0.507 e. The maximum Gasteiger partial charge on any atom is 0.141 e. The number of benzene rings is 1. The molecule has 3 nitrogen and oxygen atoms in total. The topological polar surface area (TPSA) is 52.8 Å². The predicted octanol–water partition coefficient (Wildman–Crippen LogP) is 2.49. The van der Waals surface area contributed by atoms with Crippen LogP contribution in [0.4, 0.5) is 4.39 Å². The lowest BCUT2D eigenvalue weighted by molar-refractivity contribution is 0.318. The molecule has 0 radical (unpaired) electrons. The molecule has 0 heterocycles. The number of oxime groups is 1. The SMILES string of the molecule is C/C(=N/O)c1cc(Br)c(F)cc1O. The monoisotopic (exact) mass is 247 g/mol. The van der Waals surface area contributed by atoms with Gasteiger partial charge in [0, 0.05) is 11.6 Å². The van der Waals surface area contributed by atoms with Gasteiger partial charge in [0.2, 0.25) is 0 Å². The molecule has 5 heteroatoms. The second-order valence-electron chi connectivity index (χ2n) is 2.47. The first-order chi connectivity index (χ1) is 6.06. The summed E-state index contributed by atoms with van der Waals surface area (Å²) in [6.07, 6.45) is 0. The number of phenols is 1. The van der Waals surface area contributed by atoms with E-state index in [0.29, 0.717) is 0 Å². The standard InChI is InChI=1S/C8H7BrFNO2/c1-4(11-13)5-2-6(9)7(10)3-8(5)12/h2-3,12-13H,1H3/b11-4-. The van der Waals surface area contributed by atoms with Crippen molar-refractivity contribution in [2.45, 2.75) is 6.92 Å². The van der Waals surface area contributed by atoms with E-state index in [-0.39, 0.29) is 21.5 Å². The fraction of sp³-hybridized carbons (Fsp3) is 0.125. The molecule has 0 amide bonds. The summed E-state index contributed by atoms with van der Waals surface area (Å²) in [6.45, 7) is 1.50. The highest BCUT2D eigenvalue weighted by Crippen LogP contribution is 2.25. The summed E-state index contributed by atoms with van der Waals surface area (Å²) in [5.41, 5.74) is 0.508. The normalized spacial score (nSPS) is 11.8. The molecule has 0 bridgehead atoms. The van der Waals surface area contributed by atoms with Crippen LogP contribution >= 0.6 is 15.9 Å². The number of rotatable bonds is 1. The van der Waals surface area contributed by atoms with Gasteiger partial charge in [-0.2, -0.15) is 0 Å². The third-order valence-electron chi connectivity index (χ3n) is 1.58. The lowest BCUT2D eigenvalue weighted by Gasteiger charge is -2.03. The lowest BCUT2D eigenvalue weighted by Crippen LogP contribution is -1.96. The first kappa shape index (κ1) is 9.98. The first-order valence-electron chi connectivity index (χ1n) is 3.43. The molecule has 0 fully saturated rings. The summed E-state index contributed by atoms with van der Waals surface area (Å²) in [5.74, 6) is -0.817. The van der Waals surface area contributed by atoms with E-state index in [1.165, 1.54) is 13.0 Å². The molecule has 0 aliphatic heterocycles. The van der Waals surface area contributed by atoms with Crippen LogP contribution in [-0.4, -0.2) is 16.0 Å². The Morgan fingerprint density at radius 2 is 2.15 bits per heavy atom. The van der Waals surface area contributed by atoms with Crippen LogP contribution in [-0.2, 0) is 0 Å². The predicted molar refractivity (Wildman–Crippen MR) is 49.8 cm³/mol. The van der Waals surface area contributed by atoms with Gasteiger partial charge < -0.3 is 10.3 Å². The minimum Gasteiger partial charge on any atom is -0.507 e. The summed E-state index contributed by atoms with van der Waals surface area (Å²) in [7, 11) is 0. The summed E-state index contributed by atoms with van der Waals surface area (Å²) in [4.78, 5) is 0. The van der Waals surface area contributed by atoms with Gasteiger partial charge in [-0.25, -0.2) is 4.39 Å². The molecule has 0 aliphatic carbocycles. The van der Waals surface area contributed by atoms with E-state index in [0.717, 1.165) is 6.07 Å². The van der Waals surface area contributed by atoms with Crippen LogP contribution in [0.3, 0.4) is 0 Å². The van der Waals surface area contributed by atoms with Gasteiger partial charge in [0.05, 0.1) is 10.2 Å². The minimum absolute atomic E-state index is 0.211. The number of phenolic OH excluding ortho intramolecular Hbond substituents is 1. The lowest BCUT2D eigenvalue weighted by atomic mass is 10.1. The average Bonchev–Trinajstić information content (AvgIpc) is 2.10. The number of hydrogen-bond donors (Lipinski definition) is 2. The first-order valence-corrected chi connectivity index (χ1v) is 4.22. The molecule has 13 heavy (non-hydrogen) atoms. The zero-order valence-electron chi connectivity index (χ0n) is 6.75. The Morgan fingerprint density at radius 3 is 2.69 bits per heavy atom. The Morgan fingerprint density at radius 1 is 1.54 bits per heavy atom. The van der Waals surface area contributed by atoms with Crippen LogP contribution in [0, 0.1) is 5.82 Å². The Balaban J connectivity index is 3.32. The van der Waals surface area contributed by atoms with Crippen molar-refractivity contribution < 1.29 is 14.7 Å².